The van der Waals surface area contributed by atoms with E-state index < -0.39 is 5.97 Å². The molecule has 0 bridgehead atoms. The van der Waals surface area contributed by atoms with Crippen LogP contribution < -0.4 is 0 Å². The number of carboxylic acids is 1. The predicted octanol–water partition coefficient (Wildman–Crippen LogP) is 1.66. The molecule has 2 saturated heterocycles. The Kier molecular flexibility index (Phi) is 4.96. The second-order valence-corrected chi connectivity index (χ2v) is 5.59. The van der Waals surface area contributed by atoms with Crippen molar-refractivity contribution in [1.29, 1.82) is 0 Å². The van der Waals surface area contributed by atoms with Gasteiger partial charge in [0, 0.05) is 19.4 Å². The molecule has 2 fully saturated rings. The molecule has 0 aromatic rings. The molecule has 2 aliphatic heterocycles. The van der Waals surface area contributed by atoms with Crippen LogP contribution in [0, 0.1) is 0 Å². The molecule has 112 valence electrons. The van der Waals surface area contributed by atoms with Crippen molar-refractivity contribution in [2.24, 2.45) is 0 Å². The molecule has 0 aromatic heterocycles. The van der Waals surface area contributed by atoms with Crippen molar-refractivity contribution < 1.29 is 24.5 Å². The molecule has 0 aliphatic carbocycles. The van der Waals surface area contributed by atoms with Crippen molar-refractivity contribution >= 4 is 5.97 Å². The summed E-state index contributed by atoms with van der Waals surface area (Å²) < 4.78 is 11.3. The van der Waals surface area contributed by atoms with Gasteiger partial charge >= 0.3 is 5.97 Å². The Bertz CT molecular complexity index is 408. The lowest BCUT2D eigenvalue weighted by Gasteiger charge is -2.31. The van der Waals surface area contributed by atoms with Gasteiger partial charge in [0.2, 0.25) is 0 Å². The molecular weight excluding hydrogens is 260 g/mol. The Morgan fingerprint density at radius 3 is 2.80 bits per heavy atom. The summed E-state index contributed by atoms with van der Waals surface area (Å²) in [6.45, 7) is 2.81. The lowest BCUT2D eigenvalue weighted by Crippen LogP contribution is -2.38. The molecule has 2 aliphatic rings. The van der Waals surface area contributed by atoms with Crippen LogP contribution in [0.5, 0.6) is 0 Å². The number of aliphatic hydroxyl groups excluding tert-OH is 1. The highest BCUT2D eigenvalue weighted by Gasteiger charge is 2.51. The molecule has 0 radical (unpaired) electrons. The first-order valence-electron chi connectivity index (χ1n) is 7.00. The van der Waals surface area contributed by atoms with Gasteiger partial charge in [-0.1, -0.05) is 23.8 Å². The lowest BCUT2D eigenvalue weighted by atomic mass is 9.90. The van der Waals surface area contributed by atoms with Gasteiger partial charge in [0.05, 0.1) is 30.8 Å². The van der Waals surface area contributed by atoms with Gasteiger partial charge in [-0.2, -0.15) is 0 Å². The van der Waals surface area contributed by atoms with Crippen molar-refractivity contribution in [3.05, 3.63) is 23.8 Å². The zero-order valence-electron chi connectivity index (χ0n) is 11.7. The molecule has 20 heavy (non-hydrogen) atoms. The number of hydrogen-bond acceptors (Lipinski definition) is 4. The molecule has 1 spiro atoms. The normalized spacial score (nSPS) is 33.8. The van der Waals surface area contributed by atoms with Crippen LogP contribution in [-0.4, -0.2) is 47.2 Å². The number of aliphatic hydroxyl groups is 1. The van der Waals surface area contributed by atoms with Crippen molar-refractivity contribution in [2.45, 2.75) is 50.4 Å². The van der Waals surface area contributed by atoms with Crippen LogP contribution in [0.15, 0.2) is 23.8 Å². The number of hydrogen-bond donors (Lipinski definition) is 2. The van der Waals surface area contributed by atoms with E-state index in [9.17, 15) is 4.79 Å². The Labute approximate surface area is 118 Å². The average Bonchev–Trinajstić information content (AvgIpc) is 3.11. The SMILES string of the molecule is CC(/C=C/[C@@H]1C[C@]2(CO2)C[C@@H](CC(=O)O)O1)=C\CCO. The topological polar surface area (TPSA) is 79.3 Å². The Hall–Kier alpha value is -1.17. The van der Waals surface area contributed by atoms with E-state index in [2.05, 4.69) is 0 Å². The molecule has 0 amide bonds. The first-order chi connectivity index (χ1) is 9.53. The minimum atomic E-state index is -0.838. The second kappa shape index (κ2) is 6.52. The second-order valence-electron chi connectivity index (χ2n) is 5.59. The lowest BCUT2D eigenvalue weighted by molar-refractivity contribution is -0.143. The van der Waals surface area contributed by atoms with Gasteiger partial charge < -0.3 is 19.7 Å². The Morgan fingerprint density at radius 2 is 2.20 bits per heavy atom. The number of ether oxygens (including phenoxy) is 2. The van der Waals surface area contributed by atoms with Crippen LogP contribution in [0.1, 0.15) is 32.6 Å². The average molecular weight is 282 g/mol. The highest BCUT2D eigenvalue weighted by Crippen LogP contribution is 2.43. The number of carbonyl (C=O) groups is 1. The van der Waals surface area contributed by atoms with E-state index in [-0.39, 0.29) is 30.8 Å². The minimum Gasteiger partial charge on any atom is -0.481 e. The Morgan fingerprint density at radius 1 is 1.45 bits per heavy atom. The Balaban J connectivity index is 1.93. The largest absolute Gasteiger partial charge is 0.481 e. The zero-order chi connectivity index (χ0) is 14.6. The van der Waals surface area contributed by atoms with Gasteiger partial charge in [0.25, 0.3) is 0 Å². The van der Waals surface area contributed by atoms with Crippen molar-refractivity contribution in [1.82, 2.24) is 0 Å². The summed E-state index contributed by atoms with van der Waals surface area (Å²) in [5, 5.41) is 17.6. The van der Waals surface area contributed by atoms with E-state index in [4.69, 9.17) is 19.7 Å². The molecule has 2 N–H and O–H groups in total. The number of epoxide rings is 1. The monoisotopic (exact) mass is 282 g/mol. The van der Waals surface area contributed by atoms with E-state index in [0.717, 1.165) is 12.0 Å². The molecule has 3 atom stereocenters. The van der Waals surface area contributed by atoms with E-state index in [1.807, 2.05) is 25.2 Å². The number of allylic oxidation sites excluding steroid dienone is 2. The number of aliphatic carboxylic acids is 1. The maximum atomic E-state index is 10.8. The van der Waals surface area contributed by atoms with Gasteiger partial charge in [-0.15, -0.1) is 0 Å². The molecule has 0 unspecified atom stereocenters. The summed E-state index contributed by atoms with van der Waals surface area (Å²) in [7, 11) is 0. The fourth-order valence-corrected chi connectivity index (χ4v) is 2.59. The molecule has 5 heteroatoms. The molecule has 0 aromatic carbocycles. The van der Waals surface area contributed by atoms with Gasteiger partial charge in [-0.05, 0) is 13.3 Å². The van der Waals surface area contributed by atoms with Crippen molar-refractivity contribution in [3.8, 4) is 0 Å². The van der Waals surface area contributed by atoms with Gasteiger partial charge in [0.1, 0.15) is 0 Å². The summed E-state index contributed by atoms with van der Waals surface area (Å²) in [5.74, 6) is -0.838. The standard InChI is InChI=1S/C15H22O5/c1-11(3-2-6-16)4-5-12-8-15(10-19-15)9-13(20-12)7-14(17)18/h3-5,12-13,16H,2,6-10H2,1H3,(H,17,18)/b5-4+,11-3+/t12-,13-,15-/m1/s1. The smallest absolute Gasteiger partial charge is 0.305 e. The van der Waals surface area contributed by atoms with E-state index >= 15 is 0 Å². The first-order valence-corrected chi connectivity index (χ1v) is 7.00. The van der Waals surface area contributed by atoms with Crippen LogP contribution in [0.25, 0.3) is 0 Å². The van der Waals surface area contributed by atoms with Crippen LogP contribution >= 0.6 is 0 Å². The zero-order valence-corrected chi connectivity index (χ0v) is 11.7. The van der Waals surface area contributed by atoms with Crippen LogP contribution in [-0.2, 0) is 14.3 Å². The summed E-state index contributed by atoms with van der Waals surface area (Å²) in [6, 6.07) is 0. The van der Waals surface area contributed by atoms with Gasteiger partial charge in [-0.3, -0.25) is 4.79 Å². The molecule has 2 heterocycles. The van der Waals surface area contributed by atoms with Crippen molar-refractivity contribution in [2.75, 3.05) is 13.2 Å². The summed E-state index contributed by atoms with van der Waals surface area (Å²) in [4.78, 5) is 10.8. The maximum Gasteiger partial charge on any atom is 0.305 e. The fraction of sp³-hybridized carbons (Fsp3) is 0.667. The third kappa shape index (κ3) is 4.44. The summed E-state index contributed by atoms with van der Waals surface area (Å²) >= 11 is 0. The van der Waals surface area contributed by atoms with Crippen molar-refractivity contribution in [3.63, 3.8) is 0 Å². The third-order valence-corrected chi connectivity index (χ3v) is 3.66. The highest BCUT2D eigenvalue weighted by molar-refractivity contribution is 5.67. The van der Waals surface area contributed by atoms with Crippen LogP contribution in [0.2, 0.25) is 0 Å². The summed E-state index contributed by atoms with van der Waals surface area (Å²) in [6.07, 6.45) is 7.60. The number of carboxylic acid groups (broad SMARTS) is 1. The van der Waals surface area contributed by atoms with E-state index in [1.54, 1.807) is 0 Å². The third-order valence-electron chi connectivity index (χ3n) is 3.66. The van der Waals surface area contributed by atoms with Gasteiger partial charge in [0.15, 0.2) is 0 Å². The fourth-order valence-electron chi connectivity index (χ4n) is 2.59. The predicted molar refractivity (Wildman–Crippen MR) is 73.4 cm³/mol. The minimum absolute atomic E-state index is 0.0226. The maximum absolute atomic E-state index is 10.8. The van der Waals surface area contributed by atoms with E-state index in [0.29, 0.717) is 19.4 Å². The highest BCUT2D eigenvalue weighted by atomic mass is 16.6. The first kappa shape index (κ1) is 15.2. The van der Waals surface area contributed by atoms with E-state index in [1.165, 1.54) is 0 Å². The number of rotatable bonds is 6. The van der Waals surface area contributed by atoms with Crippen LogP contribution in [0.4, 0.5) is 0 Å². The quantitative estimate of drug-likeness (QED) is 0.572. The molecule has 0 saturated carbocycles. The van der Waals surface area contributed by atoms with Gasteiger partial charge in [-0.25, -0.2) is 0 Å². The molecule has 5 nitrogen and oxygen atoms in total. The molecule has 2 rings (SSSR count). The van der Waals surface area contributed by atoms with Crippen LogP contribution in [0.3, 0.4) is 0 Å². The summed E-state index contributed by atoms with van der Waals surface area (Å²) in [5.41, 5.74) is 0.907. The molecular formula is C15H22O5.